The SMILES string of the molecule is N#CCCN(C(=O)[C@@H]1CCCNC1)C1CC1. The molecule has 4 nitrogen and oxygen atoms in total. The summed E-state index contributed by atoms with van der Waals surface area (Å²) in [7, 11) is 0. The third-order valence-electron chi connectivity index (χ3n) is 3.38. The molecule has 1 saturated heterocycles. The molecule has 0 bridgehead atoms. The van der Waals surface area contributed by atoms with E-state index in [4.69, 9.17) is 5.26 Å². The Hall–Kier alpha value is -1.08. The second-order valence-electron chi connectivity index (χ2n) is 4.71. The Morgan fingerprint density at radius 1 is 1.44 bits per heavy atom. The smallest absolute Gasteiger partial charge is 0.227 e. The first-order valence-corrected chi connectivity index (χ1v) is 6.21. The number of piperidine rings is 1. The van der Waals surface area contributed by atoms with E-state index in [1.807, 2.05) is 4.90 Å². The van der Waals surface area contributed by atoms with E-state index < -0.39 is 0 Å². The molecule has 1 atom stereocenters. The molecule has 88 valence electrons. The van der Waals surface area contributed by atoms with Crippen molar-refractivity contribution in [3.05, 3.63) is 0 Å². The van der Waals surface area contributed by atoms with E-state index in [-0.39, 0.29) is 11.8 Å². The first-order valence-electron chi connectivity index (χ1n) is 6.21. The van der Waals surface area contributed by atoms with Gasteiger partial charge in [0.05, 0.1) is 18.4 Å². The van der Waals surface area contributed by atoms with Crippen LogP contribution in [0.3, 0.4) is 0 Å². The zero-order chi connectivity index (χ0) is 11.4. The van der Waals surface area contributed by atoms with E-state index in [9.17, 15) is 4.79 Å². The summed E-state index contributed by atoms with van der Waals surface area (Å²) in [5, 5.41) is 11.9. The van der Waals surface area contributed by atoms with Crippen molar-refractivity contribution in [2.45, 2.75) is 38.1 Å². The molecule has 16 heavy (non-hydrogen) atoms. The van der Waals surface area contributed by atoms with Crippen molar-refractivity contribution in [3.63, 3.8) is 0 Å². The van der Waals surface area contributed by atoms with Crippen molar-refractivity contribution in [1.82, 2.24) is 10.2 Å². The first kappa shape index (κ1) is 11.4. The van der Waals surface area contributed by atoms with Crippen LogP contribution in [-0.4, -0.2) is 36.5 Å². The van der Waals surface area contributed by atoms with Gasteiger partial charge in [-0.05, 0) is 32.2 Å². The van der Waals surface area contributed by atoms with Gasteiger partial charge >= 0.3 is 0 Å². The number of nitrogens with one attached hydrogen (secondary N) is 1. The van der Waals surface area contributed by atoms with E-state index in [0.29, 0.717) is 19.0 Å². The molecule has 1 saturated carbocycles. The number of nitrogens with zero attached hydrogens (tertiary/aromatic N) is 2. The van der Waals surface area contributed by atoms with Gasteiger partial charge in [0.1, 0.15) is 0 Å². The first-order chi connectivity index (χ1) is 7.83. The molecule has 0 unspecified atom stereocenters. The van der Waals surface area contributed by atoms with Gasteiger partial charge in [-0.1, -0.05) is 0 Å². The lowest BCUT2D eigenvalue weighted by Crippen LogP contribution is -2.44. The summed E-state index contributed by atoms with van der Waals surface area (Å²) in [6.07, 6.45) is 4.80. The standard InChI is InChI=1S/C12H19N3O/c13-6-2-8-15(11-4-5-11)12(16)10-3-1-7-14-9-10/h10-11,14H,1-5,7-9H2/t10-/m1/s1. The van der Waals surface area contributed by atoms with Crippen LogP contribution in [0.2, 0.25) is 0 Å². The average molecular weight is 221 g/mol. The van der Waals surface area contributed by atoms with Crippen molar-refractivity contribution in [1.29, 1.82) is 5.26 Å². The zero-order valence-corrected chi connectivity index (χ0v) is 9.61. The van der Waals surface area contributed by atoms with Crippen LogP contribution in [0.1, 0.15) is 32.1 Å². The monoisotopic (exact) mass is 221 g/mol. The fraction of sp³-hybridized carbons (Fsp3) is 0.833. The van der Waals surface area contributed by atoms with Crippen LogP contribution < -0.4 is 5.32 Å². The quantitative estimate of drug-likeness (QED) is 0.767. The van der Waals surface area contributed by atoms with Gasteiger partial charge in [-0.2, -0.15) is 5.26 Å². The van der Waals surface area contributed by atoms with Gasteiger partial charge in [0.25, 0.3) is 0 Å². The van der Waals surface area contributed by atoms with Crippen LogP contribution in [0.4, 0.5) is 0 Å². The molecule has 1 amide bonds. The molecule has 2 aliphatic rings. The van der Waals surface area contributed by atoms with E-state index in [1.165, 1.54) is 0 Å². The highest BCUT2D eigenvalue weighted by Gasteiger charge is 2.35. The summed E-state index contributed by atoms with van der Waals surface area (Å²) >= 11 is 0. The molecule has 0 aromatic heterocycles. The van der Waals surface area contributed by atoms with Gasteiger partial charge in [0, 0.05) is 19.1 Å². The fourth-order valence-electron chi connectivity index (χ4n) is 2.33. The van der Waals surface area contributed by atoms with Crippen LogP contribution in [-0.2, 0) is 4.79 Å². The highest BCUT2D eigenvalue weighted by atomic mass is 16.2. The van der Waals surface area contributed by atoms with E-state index in [2.05, 4.69) is 11.4 Å². The maximum atomic E-state index is 12.3. The number of rotatable bonds is 4. The van der Waals surface area contributed by atoms with Gasteiger partial charge in [-0.15, -0.1) is 0 Å². The molecular weight excluding hydrogens is 202 g/mol. The summed E-state index contributed by atoms with van der Waals surface area (Å²) < 4.78 is 0. The molecule has 4 heteroatoms. The predicted molar refractivity (Wildman–Crippen MR) is 60.6 cm³/mol. The van der Waals surface area contributed by atoms with Crippen LogP contribution in [0, 0.1) is 17.2 Å². The van der Waals surface area contributed by atoms with Gasteiger partial charge in [0.2, 0.25) is 5.91 Å². The van der Waals surface area contributed by atoms with Crippen LogP contribution in [0.5, 0.6) is 0 Å². The topological polar surface area (TPSA) is 56.1 Å². The van der Waals surface area contributed by atoms with Gasteiger partial charge in [0.15, 0.2) is 0 Å². The number of carbonyl (C=O) groups excluding carboxylic acids is 1. The van der Waals surface area contributed by atoms with E-state index in [1.54, 1.807) is 0 Å². The second-order valence-corrected chi connectivity index (χ2v) is 4.71. The number of nitriles is 1. The summed E-state index contributed by atoms with van der Waals surface area (Å²) in [6, 6.07) is 2.56. The molecule has 2 fully saturated rings. The molecule has 0 spiro atoms. The minimum absolute atomic E-state index is 0.146. The number of hydrogen-bond acceptors (Lipinski definition) is 3. The van der Waals surface area contributed by atoms with Crippen molar-refractivity contribution in [2.75, 3.05) is 19.6 Å². The molecule has 1 N–H and O–H groups in total. The molecule has 1 aliphatic carbocycles. The van der Waals surface area contributed by atoms with Crippen molar-refractivity contribution >= 4 is 5.91 Å². The summed E-state index contributed by atoms with van der Waals surface area (Å²) in [4.78, 5) is 14.2. The number of carbonyl (C=O) groups is 1. The zero-order valence-electron chi connectivity index (χ0n) is 9.61. The highest BCUT2D eigenvalue weighted by molar-refractivity contribution is 5.79. The molecular formula is C12H19N3O. The number of amides is 1. The molecule has 0 radical (unpaired) electrons. The molecule has 0 aromatic carbocycles. The van der Waals surface area contributed by atoms with Gasteiger partial charge in [-0.25, -0.2) is 0 Å². The molecule has 1 aliphatic heterocycles. The second kappa shape index (κ2) is 5.31. The third kappa shape index (κ3) is 2.73. The largest absolute Gasteiger partial charge is 0.338 e. The van der Waals surface area contributed by atoms with Gasteiger partial charge in [-0.3, -0.25) is 4.79 Å². The number of hydrogen-bond donors (Lipinski definition) is 1. The maximum absolute atomic E-state index is 12.3. The summed E-state index contributed by atoms with van der Waals surface area (Å²) in [5.74, 6) is 0.415. The van der Waals surface area contributed by atoms with Crippen molar-refractivity contribution in [3.8, 4) is 6.07 Å². The highest BCUT2D eigenvalue weighted by Crippen LogP contribution is 2.29. The average Bonchev–Trinajstić information content (AvgIpc) is 3.15. The Morgan fingerprint density at radius 2 is 2.25 bits per heavy atom. The van der Waals surface area contributed by atoms with Gasteiger partial charge < -0.3 is 10.2 Å². The Balaban J connectivity index is 1.90. The Kier molecular flexibility index (Phi) is 3.79. The fourth-order valence-corrected chi connectivity index (χ4v) is 2.33. The lowest BCUT2D eigenvalue weighted by Gasteiger charge is -2.29. The lowest BCUT2D eigenvalue weighted by atomic mass is 9.98. The summed E-state index contributed by atoms with van der Waals surface area (Å²) in [6.45, 7) is 2.47. The van der Waals surface area contributed by atoms with Crippen LogP contribution in [0.15, 0.2) is 0 Å². The summed E-state index contributed by atoms with van der Waals surface area (Å²) in [5.41, 5.74) is 0. The molecule has 0 aromatic rings. The normalized spacial score (nSPS) is 24.8. The predicted octanol–water partition coefficient (Wildman–Crippen LogP) is 0.891. The minimum atomic E-state index is 0.146. The minimum Gasteiger partial charge on any atom is -0.338 e. The Labute approximate surface area is 96.6 Å². The molecule has 2 rings (SSSR count). The Bertz CT molecular complexity index is 287. The van der Waals surface area contributed by atoms with Crippen LogP contribution in [0.25, 0.3) is 0 Å². The van der Waals surface area contributed by atoms with E-state index in [0.717, 1.165) is 38.8 Å². The van der Waals surface area contributed by atoms with Crippen LogP contribution >= 0.6 is 0 Å². The maximum Gasteiger partial charge on any atom is 0.227 e. The third-order valence-corrected chi connectivity index (χ3v) is 3.38. The lowest BCUT2D eigenvalue weighted by molar-refractivity contribution is -0.136. The van der Waals surface area contributed by atoms with Crippen molar-refractivity contribution < 1.29 is 4.79 Å². The van der Waals surface area contributed by atoms with Crippen molar-refractivity contribution in [2.24, 2.45) is 5.92 Å². The van der Waals surface area contributed by atoms with E-state index >= 15 is 0 Å². The molecule has 1 heterocycles. The Morgan fingerprint density at radius 3 is 2.81 bits per heavy atom.